The second-order valence-corrected chi connectivity index (χ2v) is 3.47. The fourth-order valence-electron chi connectivity index (χ4n) is 0.586. The van der Waals surface area contributed by atoms with Gasteiger partial charge < -0.3 is 4.55 Å². The van der Waals surface area contributed by atoms with E-state index in [2.05, 4.69) is 15.9 Å². The summed E-state index contributed by atoms with van der Waals surface area (Å²) in [5.74, 6) is 0. The van der Waals surface area contributed by atoms with E-state index >= 15 is 0 Å². The van der Waals surface area contributed by atoms with E-state index in [0.29, 0.717) is 9.37 Å². The van der Waals surface area contributed by atoms with Crippen LogP contribution in [-0.4, -0.2) is 60.1 Å². The standard InChI is InChI=1S/C6H5BrO2S.K.H/c7-5-3-1-2-4-6(5)10(8)9;;/h1-4H,(H,8,9);;. The van der Waals surface area contributed by atoms with Crippen LogP contribution in [0.3, 0.4) is 0 Å². The van der Waals surface area contributed by atoms with E-state index < -0.39 is 11.1 Å². The second kappa shape index (κ2) is 5.99. The van der Waals surface area contributed by atoms with E-state index in [0.717, 1.165) is 0 Å². The second-order valence-electron chi connectivity index (χ2n) is 1.68. The molecule has 1 aromatic carbocycles. The number of rotatable bonds is 1. The van der Waals surface area contributed by atoms with E-state index in [-0.39, 0.29) is 51.4 Å². The zero-order valence-corrected chi connectivity index (χ0v) is 7.35. The summed E-state index contributed by atoms with van der Waals surface area (Å²) >= 11 is 1.26. The molecule has 0 aliphatic heterocycles. The summed E-state index contributed by atoms with van der Waals surface area (Å²) in [6.45, 7) is 0. The zero-order chi connectivity index (χ0) is 7.56. The Morgan fingerprint density at radius 3 is 2.27 bits per heavy atom. The number of halogens is 1. The molecule has 0 aromatic heterocycles. The first-order valence-corrected chi connectivity index (χ1v) is 4.47. The van der Waals surface area contributed by atoms with Crippen LogP contribution in [0.1, 0.15) is 0 Å². The van der Waals surface area contributed by atoms with Gasteiger partial charge in [0, 0.05) is 4.47 Å². The van der Waals surface area contributed by atoms with Gasteiger partial charge in [-0.05, 0) is 28.1 Å². The van der Waals surface area contributed by atoms with Crippen LogP contribution in [0.2, 0.25) is 0 Å². The van der Waals surface area contributed by atoms with Crippen LogP contribution in [0.5, 0.6) is 0 Å². The maximum absolute atomic E-state index is 10.5. The van der Waals surface area contributed by atoms with Gasteiger partial charge in [-0.3, -0.25) is 0 Å². The molecule has 0 saturated heterocycles. The van der Waals surface area contributed by atoms with Crippen LogP contribution < -0.4 is 0 Å². The van der Waals surface area contributed by atoms with E-state index in [1.165, 1.54) is 0 Å². The van der Waals surface area contributed by atoms with Gasteiger partial charge in [-0.1, -0.05) is 12.1 Å². The van der Waals surface area contributed by atoms with Crippen LogP contribution >= 0.6 is 15.9 Å². The minimum absolute atomic E-state index is 0. The molecule has 1 atom stereocenters. The molecule has 0 aliphatic carbocycles. The number of hydrogen-bond donors (Lipinski definition) is 1. The van der Waals surface area contributed by atoms with Crippen molar-refractivity contribution < 1.29 is 8.76 Å². The van der Waals surface area contributed by atoms with Crippen molar-refractivity contribution >= 4 is 78.4 Å². The molecule has 1 N–H and O–H groups in total. The average molecular weight is 261 g/mol. The predicted molar refractivity (Wildman–Crippen MR) is 50.3 cm³/mol. The van der Waals surface area contributed by atoms with Gasteiger partial charge in [-0.25, -0.2) is 4.21 Å². The van der Waals surface area contributed by atoms with Crippen molar-refractivity contribution in [3.05, 3.63) is 28.7 Å². The van der Waals surface area contributed by atoms with Gasteiger partial charge in [0.25, 0.3) is 0 Å². The molecule has 0 spiro atoms. The molecule has 2 nitrogen and oxygen atoms in total. The third-order valence-corrected chi connectivity index (χ3v) is 2.71. The Labute approximate surface area is 119 Å². The molecule has 1 aromatic rings. The molecular formula is C6H6BrKO2S. The Morgan fingerprint density at radius 1 is 1.36 bits per heavy atom. The normalized spacial score (nSPS) is 11.8. The van der Waals surface area contributed by atoms with Gasteiger partial charge in [0.15, 0.2) is 11.1 Å². The fourth-order valence-corrected chi connectivity index (χ4v) is 1.72. The van der Waals surface area contributed by atoms with Crippen molar-refractivity contribution in [2.45, 2.75) is 4.90 Å². The summed E-state index contributed by atoms with van der Waals surface area (Å²) in [4.78, 5) is 0.405. The van der Waals surface area contributed by atoms with Gasteiger partial charge in [0.1, 0.15) is 0 Å². The Hall–Kier alpha value is 1.45. The first kappa shape index (κ1) is 12.4. The summed E-state index contributed by atoms with van der Waals surface area (Å²) < 4.78 is 19.8. The van der Waals surface area contributed by atoms with Gasteiger partial charge in [0.05, 0.1) is 4.90 Å². The Balaban J connectivity index is 0.000001000. The van der Waals surface area contributed by atoms with Crippen molar-refractivity contribution in [2.75, 3.05) is 0 Å². The first-order valence-electron chi connectivity index (χ1n) is 2.57. The molecule has 0 fully saturated rings. The summed E-state index contributed by atoms with van der Waals surface area (Å²) in [5, 5.41) is 0. The van der Waals surface area contributed by atoms with Crippen molar-refractivity contribution in [2.24, 2.45) is 0 Å². The molecule has 1 unspecified atom stereocenters. The van der Waals surface area contributed by atoms with Crippen LogP contribution in [0.25, 0.3) is 0 Å². The van der Waals surface area contributed by atoms with Crippen molar-refractivity contribution in [1.82, 2.24) is 0 Å². The van der Waals surface area contributed by atoms with Gasteiger partial charge in [0.2, 0.25) is 0 Å². The molecular weight excluding hydrogens is 255 g/mol. The van der Waals surface area contributed by atoms with E-state index in [1.807, 2.05) is 0 Å². The summed E-state index contributed by atoms with van der Waals surface area (Å²) in [6.07, 6.45) is 0. The zero-order valence-electron chi connectivity index (χ0n) is 4.95. The molecule has 0 amide bonds. The molecule has 11 heavy (non-hydrogen) atoms. The van der Waals surface area contributed by atoms with Crippen LogP contribution in [-0.2, 0) is 11.1 Å². The average Bonchev–Trinajstić information content (AvgIpc) is 1.88. The number of hydrogen-bond acceptors (Lipinski definition) is 1. The molecule has 56 valence electrons. The van der Waals surface area contributed by atoms with Crippen LogP contribution in [0.15, 0.2) is 33.6 Å². The predicted octanol–water partition coefficient (Wildman–Crippen LogP) is 1.38. The first-order chi connectivity index (χ1) is 4.72. The van der Waals surface area contributed by atoms with E-state index in [1.54, 1.807) is 24.3 Å². The van der Waals surface area contributed by atoms with Gasteiger partial charge >= 0.3 is 51.4 Å². The van der Waals surface area contributed by atoms with Gasteiger partial charge in [-0.2, -0.15) is 0 Å². The number of benzene rings is 1. The fraction of sp³-hybridized carbons (Fsp3) is 0. The van der Waals surface area contributed by atoms with Crippen molar-refractivity contribution in [3.63, 3.8) is 0 Å². The third kappa shape index (κ3) is 3.78. The van der Waals surface area contributed by atoms with Crippen molar-refractivity contribution in [1.29, 1.82) is 0 Å². The molecule has 1 rings (SSSR count). The van der Waals surface area contributed by atoms with Crippen molar-refractivity contribution in [3.8, 4) is 0 Å². The molecule has 0 saturated carbocycles. The molecule has 0 aliphatic rings. The SMILES string of the molecule is O=S(O)c1ccccc1Br.[KH]. The van der Waals surface area contributed by atoms with Crippen LogP contribution in [0, 0.1) is 0 Å². The summed E-state index contributed by atoms with van der Waals surface area (Å²) in [5.41, 5.74) is 0. The monoisotopic (exact) mass is 260 g/mol. The summed E-state index contributed by atoms with van der Waals surface area (Å²) in [6, 6.07) is 6.83. The maximum atomic E-state index is 10.5. The topological polar surface area (TPSA) is 37.3 Å². The Kier molecular flexibility index (Phi) is 6.77. The molecule has 0 bridgehead atoms. The van der Waals surface area contributed by atoms with Crippen LogP contribution in [0.4, 0.5) is 0 Å². The molecule has 0 radical (unpaired) electrons. The van der Waals surface area contributed by atoms with E-state index in [9.17, 15) is 4.21 Å². The molecule has 5 heteroatoms. The Morgan fingerprint density at radius 2 is 1.91 bits per heavy atom. The van der Waals surface area contributed by atoms with E-state index in [4.69, 9.17) is 4.55 Å². The third-order valence-electron chi connectivity index (χ3n) is 1.02. The summed E-state index contributed by atoms with van der Waals surface area (Å²) in [7, 11) is 0. The molecule has 0 heterocycles. The quantitative estimate of drug-likeness (QED) is 0.612. The van der Waals surface area contributed by atoms with Gasteiger partial charge in [-0.15, -0.1) is 0 Å². The minimum atomic E-state index is -1.89. The Bertz CT molecular complexity index is 267.